The first kappa shape index (κ1) is 24.3. The second-order valence-corrected chi connectivity index (χ2v) is 6.86. The van der Waals surface area contributed by atoms with Crippen LogP contribution in [0.2, 0.25) is 0 Å². The Morgan fingerprint density at radius 1 is 0.926 bits per heavy atom. The maximum absolute atomic E-state index is 11.8. The standard InChI is InChI=1S/C15H19NO5.C5H10O/c1-9(2)14(19)16-13(15(20)21)11(8-12(17)18)10-6-4-3-5-7-10;1-4(2)5(3)6/h3-7,9,11,13H,8H2,1-2H3,(H,16,19)(H,17,18)(H,20,21);4H,1-3H3. The van der Waals surface area contributed by atoms with Crippen LogP contribution in [0.15, 0.2) is 30.3 Å². The minimum Gasteiger partial charge on any atom is -0.481 e. The summed E-state index contributed by atoms with van der Waals surface area (Å²) >= 11 is 0. The summed E-state index contributed by atoms with van der Waals surface area (Å²) < 4.78 is 0. The Labute approximate surface area is 159 Å². The van der Waals surface area contributed by atoms with Crippen molar-refractivity contribution < 1.29 is 29.4 Å². The van der Waals surface area contributed by atoms with Gasteiger partial charge in [-0.15, -0.1) is 0 Å². The van der Waals surface area contributed by atoms with Crippen molar-refractivity contribution in [1.82, 2.24) is 5.32 Å². The van der Waals surface area contributed by atoms with E-state index in [1.54, 1.807) is 51.1 Å². The fraction of sp³-hybridized carbons (Fsp3) is 0.500. The number of ketones is 1. The summed E-state index contributed by atoms with van der Waals surface area (Å²) in [4.78, 5) is 44.4. The van der Waals surface area contributed by atoms with Gasteiger partial charge in [0.1, 0.15) is 11.8 Å². The summed E-state index contributed by atoms with van der Waals surface area (Å²) in [5, 5.41) is 20.8. The molecule has 1 aromatic rings. The molecule has 1 amide bonds. The Balaban J connectivity index is 0.000000972. The third kappa shape index (κ3) is 9.53. The number of rotatable bonds is 8. The number of Topliss-reactive ketones (excluding diaryl/α,β-unsaturated/α-hetero) is 1. The summed E-state index contributed by atoms with van der Waals surface area (Å²) in [5.41, 5.74) is 0.566. The van der Waals surface area contributed by atoms with E-state index < -0.39 is 29.8 Å². The van der Waals surface area contributed by atoms with Crippen LogP contribution in [-0.2, 0) is 19.2 Å². The molecule has 7 nitrogen and oxygen atoms in total. The van der Waals surface area contributed by atoms with Gasteiger partial charge >= 0.3 is 11.9 Å². The topological polar surface area (TPSA) is 121 Å². The van der Waals surface area contributed by atoms with Gasteiger partial charge < -0.3 is 15.5 Å². The lowest BCUT2D eigenvalue weighted by Crippen LogP contribution is -2.47. The Bertz CT molecular complexity index is 639. The maximum Gasteiger partial charge on any atom is 0.326 e. The Morgan fingerprint density at radius 3 is 1.74 bits per heavy atom. The van der Waals surface area contributed by atoms with Crippen molar-refractivity contribution in [3.63, 3.8) is 0 Å². The van der Waals surface area contributed by atoms with Crippen LogP contribution in [0.4, 0.5) is 0 Å². The Hall–Kier alpha value is -2.70. The zero-order valence-corrected chi connectivity index (χ0v) is 16.4. The number of carbonyl (C=O) groups is 4. The molecule has 3 N–H and O–H groups in total. The molecule has 0 bridgehead atoms. The number of carboxylic acids is 2. The summed E-state index contributed by atoms with van der Waals surface area (Å²) in [6, 6.07) is 7.19. The first-order chi connectivity index (χ1) is 12.5. The predicted molar refractivity (Wildman–Crippen MR) is 101 cm³/mol. The molecule has 0 saturated carbocycles. The summed E-state index contributed by atoms with van der Waals surface area (Å²) in [6.07, 6.45) is -0.376. The third-order valence-electron chi connectivity index (χ3n) is 3.93. The van der Waals surface area contributed by atoms with E-state index >= 15 is 0 Å². The van der Waals surface area contributed by atoms with E-state index in [0.717, 1.165) is 0 Å². The first-order valence-electron chi connectivity index (χ1n) is 8.77. The lowest BCUT2D eigenvalue weighted by atomic mass is 9.88. The molecule has 0 aliphatic carbocycles. The van der Waals surface area contributed by atoms with Crippen LogP contribution in [0.5, 0.6) is 0 Å². The van der Waals surface area contributed by atoms with E-state index in [1.165, 1.54) is 0 Å². The SMILES string of the molecule is CC(=O)C(C)C.CC(C)C(=O)NC(C(=O)O)C(CC(=O)O)c1ccccc1. The molecule has 0 aromatic heterocycles. The van der Waals surface area contributed by atoms with Crippen LogP contribution in [0.25, 0.3) is 0 Å². The van der Waals surface area contributed by atoms with Gasteiger partial charge in [-0.3, -0.25) is 14.4 Å². The number of benzene rings is 1. The lowest BCUT2D eigenvalue weighted by molar-refractivity contribution is -0.144. The van der Waals surface area contributed by atoms with Gasteiger partial charge in [0.05, 0.1) is 6.42 Å². The molecule has 150 valence electrons. The van der Waals surface area contributed by atoms with Gasteiger partial charge in [0.15, 0.2) is 0 Å². The smallest absolute Gasteiger partial charge is 0.326 e. The van der Waals surface area contributed by atoms with Gasteiger partial charge in [-0.05, 0) is 12.5 Å². The van der Waals surface area contributed by atoms with Gasteiger partial charge in [0, 0.05) is 17.8 Å². The molecule has 0 radical (unpaired) electrons. The van der Waals surface area contributed by atoms with Gasteiger partial charge in [0.2, 0.25) is 5.91 Å². The summed E-state index contributed by atoms with van der Waals surface area (Å²) in [5.74, 6) is -3.53. The first-order valence-corrected chi connectivity index (χ1v) is 8.77. The fourth-order valence-corrected chi connectivity index (χ4v) is 1.97. The van der Waals surface area contributed by atoms with Crippen LogP contribution in [0.1, 0.15) is 52.5 Å². The highest BCUT2D eigenvalue weighted by Crippen LogP contribution is 2.24. The van der Waals surface area contributed by atoms with Crippen molar-refractivity contribution in [3.8, 4) is 0 Å². The maximum atomic E-state index is 11.8. The van der Waals surface area contributed by atoms with Gasteiger partial charge in [0.25, 0.3) is 0 Å². The minimum atomic E-state index is -1.28. The molecule has 1 rings (SSSR count). The second kappa shape index (κ2) is 11.8. The number of carboxylic acid groups (broad SMARTS) is 2. The third-order valence-corrected chi connectivity index (χ3v) is 3.93. The summed E-state index contributed by atoms with van der Waals surface area (Å²) in [6.45, 7) is 8.67. The zero-order chi connectivity index (χ0) is 21.1. The highest BCUT2D eigenvalue weighted by atomic mass is 16.4. The Morgan fingerprint density at radius 2 is 1.41 bits per heavy atom. The molecule has 1 aromatic carbocycles. The van der Waals surface area contributed by atoms with Gasteiger partial charge in [-0.2, -0.15) is 0 Å². The van der Waals surface area contributed by atoms with E-state index in [1.807, 2.05) is 13.8 Å². The van der Waals surface area contributed by atoms with E-state index in [9.17, 15) is 24.3 Å². The molecule has 7 heteroatoms. The normalized spacial score (nSPS) is 12.6. The van der Waals surface area contributed by atoms with Crippen molar-refractivity contribution >= 4 is 23.6 Å². The average molecular weight is 379 g/mol. The van der Waals surface area contributed by atoms with Crippen molar-refractivity contribution in [2.24, 2.45) is 11.8 Å². The molecule has 0 aliphatic heterocycles. The van der Waals surface area contributed by atoms with E-state index in [0.29, 0.717) is 5.56 Å². The quantitative estimate of drug-likeness (QED) is 0.638. The zero-order valence-electron chi connectivity index (χ0n) is 16.4. The minimum absolute atomic E-state index is 0.213. The van der Waals surface area contributed by atoms with Crippen molar-refractivity contribution in [2.45, 2.75) is 53.0 Å². The molecule has 0 spiro atoms. The second-order valence-electron chi connectivity index (χ2n) is 6.86. The molecule has 2 unspecified atom stereocenters. The van der Waals surface area contributed by atoms with Crippen molar-refractivity contribution in [3.05, 3.63) is 35.9 Å². The fourth-order valence-electron chi connectivity index (χ4n) is 1.97. The highest BCUT2D eigenvalue weighted by molar-refractivity contribution is 5.86. The van der Waals surface area contributed by atoms with Crippen LogP contribution < -0.4 is 5.32 Å². The molecule has 0 aliphatic rings. The van der Waals surface area contributed by atoms with Crippen LogP contribution >= 0.6 is 0 Å². The molecule has 0 heterocycles. The number of hydrogen-bond donors (Lipinski definition) is 3. The number of aliphatic carboxylic acids is 2. The molecule has 27 heavy (non-hydrogen) atoms. The number of carbonyl (C=O) groups excluding carboxylic acids is 2. The van der Waals surface area contributed by atoms with Crippen LogP contribution in [0.3, 0.4) is 0 Å². The summed E-state index contributed by atoms with van der Waals surface area (Å²) in [7, 11) is 0. The number of hydrogen-bond acceptors (Lipinski definition) is 4. The van der Waals surface area contributed by atoms with E-state index in [4.69, 9.17) is 5.11 Å². The lowest BCUT2D eigenvalue weighted by Gasteiger charge is -2.25. The van der Waals surface area contributed by atoms with Crippen molar-refractivity contribution in [1.29, 1.82) is 0 Å². The van der Waals surface area contributed by atoms with Gasteiger partial charge in [-0.1, -0.05) is 58.0 Å². The Kier molecular flexibility index (Phi) is 10.6. The highest BCUT2D eigenvalue weighted by Gasteiger charge is 2.33. The van der Waals surface area contributed by atoms with E-state index in [-0.39, 0.29) is 24.0 Å². The van der Waals surface area contributed by atoms with E-state index in [2.05, 4.69) is 5.32 Å². The average Bonchev–Trinajstić information content (AvgIpc) is 2.58. The molecular formula is C20H29NO6. The number of amides is 1. The van der Waals surface area contributed by atoms with Crippen molar-refractivity contribution in [2.75, 3.05) is 0 Å². The predicted octanol–water partition coefficient (Wildman–Crippen LogP) is 2.70. The molecule has 2 atom stereocenters. The van der Waals surface area contributed by atoms with Crippen LogP contribution in [0, 0.1) is 11.8 Å². The number of nitrogens with one attached hydrogen (secondary N) is 1. The monoisotopic (exact) mass is 379 g/mol. The molecule has 0 fully saturated rings. The largest absolute Gasteiger partial charge is 0.481 e. The molecule has 0 saturated heterocycles. The molecular weight excluding hydrogens is 350 g/mol. The van der Waals surface area contributed by atoms with Crippen LogP contribution in [-0.4, -0.2) is 39.9 Å². The van der Waals surface area contributed by atoms with Gasteiger partial charge in [-0.25, -0.2) is 4.79 Å².